The van der Waals surface area contributed by atoms with E-state index in [1.54, 1.807) is 6.92 Å². The van der Waals surface area contributed by atoms with Gasteiger partial charge in [0, 0.05) is 5.75 Å². The third-order valence-electron chi connectivity index (χ3n) is 3.00. The highest BCUT2D eigenvalue weighted by molar-refractivity contribution is 7.80. The topological polar surface area (TPSA) is 122 Å². The average molecular weight is 305 g/mol. The molecule has 0 saturated heterocycles. The number of carbonyl (C=O) groups is 3. The summed E-state index contributed by atoms with van der Waals surface area (Å²) in [7, 11) is 0. The Balaban J connectivity index is 4.90. The molecule has 8 heteroatoms. The van der Waals surface area contributed by atoms with E-state index in [1.807, 2.05) is 6.92 Å². The van der Waals surface area contributed by atoms with Gasteiger partial charge in [-0.25, -0.2) is 4.79 Å². The first-order valence-corrected chi connectivity index (χ1v) is 7.07. The second-order valence-electron chi connectivity index (χ2n) is 4.74. The first kappa shape index (κ1) is 18.7. The van der Waals surface area contributed by atoms with Crippen molar-refractivity contribution in [1.82, 2.24) is 10.6 Å². The standard InChI is InChI=1S/C12H23N3O4S/c1-4-6(2)9(15-10(16)7(3)13)11(17)14-8(5-20)12(18)19/h6-9,20H,4-5,13H2,1-3H3,(H,14,17)(H,15,16)(H,18,19). The minimum absolute atomic E-state index is 0.0322. The number of amides is 2. The van der Waals surface area contributed by atoms with Crippen LogP contribution in [-0.4, -0.2) is 46.8 Å². The lowest BCUT2D eigenvalue weighted by Crippen LogP contribution is -2.56. The van der Waals surface area contributed by atoms with E-state index >= 15 is 0 Å². The van der Waals surface area contributed by atoms with Gasteiger partial charge >= 0.3 is 5.97 Å². The lowest BCUT2D eigenvalue weighted by atomic mass is 9.97. The fraction of sp³-hybridized carbons (Fsp3) is 0.750. The van der Waals surface area contributed by atoms with Gasteiger partial charge in [-0.2, -0.15) is 12.6 Å². The van der Waals surface area contributed by atoms with E-state index in [0.29, 0.717) is 6.42 Å². The van der Waals surface area contributed by atoms with Crippen LogP contribution >= 0.6 is 12.6 Å². The van der Waals surface area contributed by atoms with Crippen molar-refractivity contribution in [1.29, 1.82) is 0 Å². The van der Waals surface area contributed by atoms with Crippen LogP contribution in [0.4, 0.5) is 0 Å². The van der Waals surface area contributed by atoms with Crippen LogP contribution in [0.15, 0.2) is 0 Å². The SMILES string of the molecule is CCC(C)C(NC(=O)C(C)N)C(=O)NC(CS)C(=O)O. The maximum Gasteiger partial charge on any atom is 0.327 e. The molecule has 0 radical (unpaired) electrons. The molecule has 7 nitrogen and oxygen atoms in total. The van der Waals surface area contributed by atoms with Crippen molar-refractivity contribution in [3.05, 3.63) is 0 Å². The number of hydrogen-bond acceptors (Lipinski definition) is 5. The Morgan fingerprint density at radius 1 is 1.20 bits per heavy atom. The van der Waals surface area contributed by atoms with Crippen molar-refractivity contribution in [2.24, 2.45) is 11.7 Å². The summed E-state index contributed by atoms with van der Waals surface area (Å²) in [5, 5.41) is 13.8. The summed E-state index contributed by atoms with van der Waals surface area (Å²) in [5.74, 6) is -2.35. The molecule has 0 spiro atoms. The third-order valence-corrected chi connectivity index (χ3v) is 3.37. The van der Waals surface area contributed by atoms with Crippen molar-refractivity contribution in [2.45, 2.75) is 45.3 Å². The Kier molecular flexibility index (Phi) is 8.24. The fourth-order valence-electron chi connectivity index (χ4n) is 1.43. The summed E-state index contributed by atoms with van der Waals surface area (Å²) in [4.78, 5) is 34.6. The first-order chi connectivity index (χ1) is 9.24. The zero-order valence-corrected chi connectivity index (χ0v) is 12.8. The van der Waals surface area contributed by atoms with Gasteiger partial charge in [0.05, 0.1) is 6.04 Å². The lowest BCUT2D eigenvalue weighted by molar-refractivity contribution is -0.141. The number of hydrogen-bond donors (Lipinski definition) is 5. The molecule has 0 aromatic heterocycles. The Labute approximate surface area is 124 Å². The highest BCUT2D eigenvalue weighted by Crippen LogP contribution is 2.09. The summed E-state index contributed by atoms with van der Waals surface area (Å²) in [6.07, 6.45) is 0.649. The van der Waals surface area contributed by atoms with Gasteiger partial charge in [-0.3, -0.25) is 9.59 Å². The molecule has 4 unspecified atom stereocenters. The van der Waals surface area contributed by atoms with Gasteiger partial charge in [-0.15, -0.1) is 0 Å². The van der Waals surface area contributed by atoms with Crippen LogP contribution in [0.1, 0.15) is 27.2 Å². The number of aliphatic carboxylic acids is 1. The maximum atomic E-state index is 12.1. The molecule has 20 heavy (non-hydrogen) atoms. The molecule has 0 aliphatic rings. The second-order valence-corrected chi connectivity index (χ2v) is 5.11. The van der Waals surface area contributed by atoms with E-state index in [9.17, 15) is 14.4 Å². The predicted molar refractivity (Wildman–Crippen MR) is 78.5 cm³/mol. The largest absolute Gasteiger partial charge is 0.480 e. The van der Waals surface area contributed by atoms with E-state index in [1.165, 1.54) is 6.92 Å². The van der Waals surface area contributed by atoms with Crippen molar-refractivity contribution in [3.8, 4) is 0 Å². The zero-order chi connectivity index (χ0) is 15.9. The highest BCUT2D eigenvalue weighted by Gasteiger charge is 2.29. The summed E-state index contributed by atoms with van der Waals surface area (Å²) in [6, 6.07) is -2.65. The number of nitrogens with one attached hydrogen (secondary N) is 2. The predicted octanol–water partition coefficient (Wildman–Crippen LogP) is -0.636. The van der Waals surface area contributed by atoms with Crippen LogP contribution in [-0.2, 0) is 14.4 Å². The van der Waals surface area contributed by atoms with Crippen LogP contribution in [0.2, 0.25) is 0 Å². The highest BCUT2D eigenvalue weighted by atomic mass is 32.1. The van der Waals surface area contributed by atoms with Gasteiger partial charge in [0.1, 0.15) is 12.1 Å². The van der Waals surface area contributed by atoms with Crippen molar-refractivity contribution in [2.75, 3.05) is 5.75 Å². The molecular formula is C12H23N3O4S. The van der Waals surface area contributed by atoms with Crippen LogP contribution in [0, 0.1) is 5.92 Å². The number of carboxylic acid groups (broad SMARTS) is 1. The first-order valence-electron chi connectivity index (χ1n) is 6.44. The molecule has 5 N–H and O–H groups in total. The minimum Gasteiger partial charge on any atom is -0.480 e. The van der Waals surface area contributed by atoms with E-state index in [0.717, 1.165) is 0 Å². The molecule has 0 heterocycles. The van der Waals surface area contributed by atoms with E-state index in [2.05, 4.69) is 23.3 Å². The quantitative estimate of drug-likeness (QED) is 0.382. The van der Waals surface area contributed by atoms with Gasteiger partial charge in [0.15, 0.2) is 0 Å². The Bertz CT molecular complexity index is 363. The van der Waals surface area contributed by atoms with Gasteiger partial charge in [0.25, 0.3) is 0 Å². The molecule has 4 atom stereocenters. The van der Waals surface area contributed by atoms with Crippen LogP contribution in [0.25, 0.3) is 0 Å². The number of carbonyl (C=O) groups excluding carboxylic acids is 2. The van der Waals surface area contributed by atoms with Crippen LogP contribution in [0.3, 0.4) is 0 Å². The van der Waals surface area contributed by atoms with E-state index < -0.39 is 35.9 Å². The fourth-order valence-corrected chi connectivity index (χ4v) is 1.68. The van der Waals surface area contributed by atoms with Gasteiger partial charge in [-0.05, 0) is 12.8 Å². The monoisotopic (exact) mass is 305 g/mol. The van der Waals surface area contributed by atoms with Crippen LogP contribution < -0.4 is 16.4 Å². The van der Waals surface area contributed by atoms with Crippen molar-refractivity contribution in [3.63, 3.8) is 0 Å². The molecule has 0 rings (SSSR count). The summed E-state index contributed by atoms with van der Waals surface area (Å²) >= 11 is 3.87. The number of rotatable bonds is 8. The van der Waals surface area contributed by atoms with Gasteiger partial charge in [0.2, 0.25) is 11.8 Å². The second kappa shape index (κ2) is 8.80. The number of nitrogens with two attached hydrogens (primary N) is 1. The molecule has 0 bridgehead atoms. The number of thiol groups is 1. The summed E-state index contributed by atoms with van der Waals surface area (Å²) in [6.45, 7) is 5.17. The molecule has 0 aliphatic carbocycles. The normalized spacial score (nSPS) is 16.6. The minimum atomic E-state index is -1.17. The van der Waals surface area contributed by atoms with E-state index in [4.69, 9.17) is 10.8 Å². The molecule has 0 aliphatic heterocycles. The Hall–Kier alpha value is -1.28. The molecular weight excluding hydrogens is 282 g/mol. The lowest BCUT2D eigenvalue weighted by Gasteiger charge is -2.25. The summed E-state index contributed by atoms with van der Waals surface area (Å²) < 4.78 is 0. The molecule has 0 aromatic carbocycles. The smallest absolute Gasteiger partial charge is 0.327 e. The molecule has 2 amide bonds. The van der Waals surface area contributed by atoms with Crippen molar-refractivity contribution >= 4 is 30.4 Å². The molecule has 0 fully saturated rings. The van der Waals surface area contributed by atoms with Crippen molar-refractivity contribution < 1.29 is 19.5 Å². The Morgan fingerprint density at radius 2 is 1.75 bits per heavy atom. The molecule has 0 saturated carbocycles. The van der Waals surface area contributed by atoms with E-state index in [-0.39, 0.29) is 11.7 Å². The molecule has 116 valence electrons. The maximum absolute atomic E-state index is 12.1. The van der Waals surface area contributed by atoms with Gasteiger partial charge in [-0.1, -0.05) is 20.3 Å². The summed E-state index contributed by atoms with van der Waals surface area (Å²) in [5.41, 5.74) is 5.45. The third kappa shape index (κ3) is 5.79. The Morgan fingerprint density at radius 3 is 2.10 bits per heavy atom. The molecule has 0 aromatic rings. The number of carboxylic acids is 1. The van der Waals surface area contributed by atoms with Crippen LogP contribution in [0.5, 0.6) is 0 Å². The zero-order valence-electron chi connectivity index (χ0n) is 11.9. The van der Waals surface area contributed by atoms with Gasteiger partial charge < -0.3 is 21.5 Å². The average Bonchev–Trinajstić information content (AvgIpc) is 2.39.